The first-order valence-electron chi connectivity index (χ1n) is 13.5. The molecule has 1 amide bonds. The zero-order valence-corrected chi connectivity index (χ0v) is 23.9. The van der Waals surface area contributed by atoms with Crippen LogP contribution in [0, 0.1) is 27.7 Å². The maximum absolute atomic E-state index is 14.1. The molecule has 1 heterocycles. The fourth-order valence-electron chi connectivity index (χ4n) is 5.23. The molecular weight excluding hydrogens is 514 g/mol. The SMILES string of the molecule is COc1ccc(-n2c(=O)c3ccc(C(=O)NCc4ccc(C)cc4)cc3n(Cc3c(C)cc(C)cc3C)c2=O)cc1. The monoisotopic (exact) mass is 547 g/mol. The average Bonchev–Trinajstić information content (AvgIpc) is 2.96. The number of aryl methyl sites for hydroxylation is 4. The van der Waals surface area contributed by atoms with E-state index in [9.17, 15) is 14.4 Å². The maximum atomic E-state index is 14.1. The maximum Gasteiger partial charge on any atom is 0.336 e. The van der Waals surface area contributed by atoms with Crippen molar-refractivity contribution in [2.24, 2.45) is 0 Å². The number of hydrogen-bond donors (Lipinski definition) is 1. The van der Waals surface area contributed by atoms with Gasteiger partial charge in [-0.2, -0.15) is 0 Å². The summed E-state index contributed by atoms with van der Waals surface area (Å²) < 4.78 is 8.02. The molecular formula is C34H33N3O4. The molecule has 7 nitrogen and oxygen atoms in total. The van der Waals surface area contributed by atoms with Crippen molar-refractivity contribution in [3.63, 3.8) is 0 Å². The smallest absolute Gasteiger partial charge is 0.336 e. The zero-order chi connectivity index (χ0) is 29.3. The third-order valence-electron chi connectivity index (χ3n) is 7.47. The summed E-state index contributed by atoms with van der Waals surface area (Å²) in [6.07, 6.45) is 0. The Bertz CT molecular complexity index is 1860. The van der Waals surface area contributed by atoms with Crippen molar-refractivity contribution in [2.45, 2.75) is 40.8 Å². The van der Waals surface area contributed by atoms with Gasteiger partial charge in [-0.15, -0.1) is 0 Å². The van der Waals surface area contributed by atoms with E-state index in [1.807, 2.05) is 52.0 Å². The Morgan fingerprint density at radius 3 is 2.10 bits per heavy atom. The highest BCUT2D eigenvalue weighted by Crippen LogP contribution is 2.21. The quantitative estimate of drug-likeness (QED) is 0.297. The van der Waals surface area contributed by atoms with Crippen LogP contribution in [0.4, 0.5) is 0 Å². The van der Waals surface area contributed by atoms with Crippen LogP contribution >= 0.6 is 0 Å². The number of aromatic nitrogens is 2. The molecule has 1 aromatic heterocycles. The van der Waals surface area contributed by atoms with E-state index in [0.29, 0.717) is 34.4 Å². The standard InChI is InChI=1S/C34H33N3O4/c1-21-6-8-25(9-7-21)19-35-32(38)26-10-15-29-31(18-26)36(20-30-23(3)16-22(2)17-24(30)4)34(40)37(33(29)39)27-11-13-28(41-5)14-12-27/h6-18H,19-20H2,1-5H3,(H,35,38). The van der Waals surface area contributed by atoms with Gasteiger partial charge in [0.25, 0.3) is 11.5 Å². The molecule has 208 valence electrons. The van der Waals surface area contributed by atoms with Gasteiger partial charge in [0, 0.05) is 12.1 Å². The van der Waals surface area contributed by atoms with Crippen LogP contribution in [0.5, 0.6) is 5.75 Å². The second kappa shape index (κ2) is 11.3. The highest BCUT2D eigenvalue weighted by atomic mass is 16.5. The van der Waals surface area contributed by atoms with Crippen molar-refractivity contribution in [1.29, 1.82) is 0 Å². The second-order valence-electron chi connectivity index (χ2n) is 10.5. The molecule has 0 aliphatic heterocycles. The topological polar surface area (TPSA) is 82.3 Å². The van der Waals surface area contributed by atoms with Crippen molar-refractivity contribution < 1.29 is 9.53 Å². The Balaban J connectivity index is 1.65. The van der Waals surface area contributed by atoms with E-state index in [2.05, 4.69) is 17.4 Å². The number of benzene rings is 4. The Labute approximate surface area is 238 Å². The van der Waals surface area contributed by atoms with E-state index in [1.54, 1.807) is 54.1 Å². The minimum atomic E-state index is -0.482. The van der Waals surface area contributed by atoms with Crippen LogP contribution in [-0.2, 0) is 13.1 Å². The van der Waals surface area contributed by atoms with Crippen LogP contribution < -0.4 is 21.3 Å². The number of rotatable bonds is 7. The molecule has 41 heavy (non-hydrogen) atoms. The number of nitrogens with one attached hydrogen (secondary N) is 1. The number of fused-ring (bicyclic) bond motifs is 1. The lowest BCUT2D eigenvalue weighted by Gasteiger charge is -2.18. The van der Waals surface area contributed by atoms with E-state index in [-0.39, 0.29) is 12.5 Å². The lowest BCUT2D eigenvalue weighted by atomic mass is 9.99. The van der Waals surface area contributed by atoms with E-state index in [1.165, 1.54) is 4.57 Å². The van der Waals surface area contributed by atoms with E-state index in [0.717, 1.165) is 33.4 Å². The normalized spacial score (nSPS) is 11.0. The summed E-state index contributed by atoms with van der Waals surface area (Å²) in [5, 5.41) is 3.29. The third-order valence-corrected chi connectivity index (χ3v) is 7.47. The lowest BCUT2D eigenvalue weighted by molar-refractivity contribution is 0.0951. The van der Waals surface area contributed by atoms with Crippen molar-refractivity contribution in [3.8, 4) is 11.4 Å². The third kappa shape index (κ3) is 5.57. The summed E-state index contributed by atoms with van der Waals surface area (Å²) in [7, 11) is 1.56. The molecule has 7 heteroatoms. The molecule has 1 N–H and O–H groups in total. The Morgan fingerprint density at radius 1 is 0.805 bits per heavy atom. The van der Waals surface area contributed by atoms with Gasteiger partial charge in [-0.1, -0.05) is 47.5 Å². The van der Waals surface area contributed by atoms with E-state index < -0.39 is 11.2 Å². The predicted molar refractivity (Wildman–Crippen MR) is 162 cm³/mol. The summed E-state index contributed by atoms with van der Waals surface area (Å²) in [4.78, 5) is 41.0. The number of hydrogen-bond acceptors (Lipinski definition) is 4. The summed E-state index contributed by atoms with van der Waals surface area (Å²) in [6, 6.07) is 23.8. The van der Waals surface area contributed by atoms with E-state index in [4.69, 9.17) is 4.74 Å². The highest BCUT2D eigenvalue weighted by Gasteiger charge is 2.18. The van der Waals surface area contributed by atoms with Crippen LogP contribution in [0.25, 0.3) is 16.6 Å². The molecule has 0 saturated heterocycles. The van der Waals surface area contributed by atoms with Gasteiger partial charge in [-0.3, -0.25) is 14.2 Å². The zero-order valence-electron chi connectivity index (χ0n) is 23.9. The van der Waals surface area contributed by atoms with Crippen molar-refractivity contribution in [1.82, 2.24) is 14.5 Å². The van der Waals surface area contributed by atoms with Gasteiger partial charge in [0.05, 0.1) is 30.2 Å². The summed E-state index contributed by atoms with van der Waals surface area (Å²) in [5.74, 6) is 0.337. The van der Waals surface area contributed by atoms with Gasteiger partial charge < -0.3 is 10.1 Å². The molecule has 4 aromatic carbocycles. The fourth-order valence-corrected chi connectivity index (χ4v) is 5.23. The van der Waals surface area contributed by atoms with Crippen LogP contribution in [-0.4, -0.2) is 22.2 Å². The predicted octanol–water partition coefficient (Wildman–Crippen LogP) is 5.37. The van der Waals surface area contributed by atoms with E-state index >= 15 is 0 Å². The second-order valence-corrected chi connectivity index (χ2v) is 10.5. The van der Waals surface area contributed by atoms with Gasteiger partial charge in [-0.05, 0) is 92.4 Å². The Hall–Kier alpha value is -4.91. The molecule has 0 unspecified atom stereocenters. The average molecular weight is 548 g/mol. The Morgan fingerprint density at radius 2 is 1.46 bits per heavy atom. The first-order valence-corrected chi connectivity index (χ1v) is 13.5. The molecule has 5 rings (SSSR count). The van der Waals surface area contributed by atoms with Gasteiger partial charge in [-0.25, -0.2) is 9.36 Å². The number of methoxy groups -OCH3 is 1. The van der Waals surface area contributed by atoms with Gasteiger partial charge in [0.2, 0.25) is 0 Å². The molecule has 0 saturated carbocycles. The molecule has 0 fully saturated rings. The van der Waals surface area contributed by atoms with Crippen molar-refractivity contribution in [2.75, 3.05) is 7.11 Å². The molecule has 0 radical (unpaired) electrons. The number of carbonyl (C=O) groups excluding carboxylic acids is 1. The molecule has 0 spiro atoms. The summed E-state index contributed by atoms with van der Waals surface area (Å²) >= 11 is 0. The lowest BCUT2D eigenvalue weighted by Crippen LogP contribution is -2.39. The minimum absolute atomic E-state index is 0.248. The number of amides is 1. The van der Waals surface area contributed by atoms with Crippen LogP contribution in [0.2, 0.25) is 0 Å². The molecule has 0 bridgehead atoms. The van der Waals surface area contributed by atoms with Gasteiger partial charge in [0.15, 0.2) is 0 Å². The Kier molecular flexibility index (Phi) is 7.62. The van der Waals surface area contributed by atoms with Crippen LogP contribution in [0.3, 0.4) is 0 Å². The first kappa shape index (κ1) is 27.6. The van der Waals surface area contributed by atoms with Crippen LogP contribution in [0.15, 0.2) is 88.5 Å². The molecule has 0 atom stereocenters. The number of ether oxygens (including phenoxy) is 1. The minimum Gasteiger partial charge on any atom is -0.497 e. The van der Waals surface area contributed by atoms with Gasteiger partial charge >= 0.3 is 5.69 Å². The molecule has 5 aromatic rings. The number of carbonyl (C=O) groups is 1. The molecule has 0 aliphatic rings. The van der Waals surface area contributed by atoms with Crippen LogP contribution in [0.1, 0.15) is 43.7 Å². The summed E-state index contributed by atoms with van der Waals surface area (Å²) in [6.45, 7) is 8.71. The van der Waals surface area contributed by atoms with Crippen molar-refractivity contribution >= 4 is 16.8 Å². The first-order chi connectivity index (χ1) is 19.7. The number of nitrogens with zero attached hydrogens (tertiary/aromatic N) is 2. The van der Waals surface area contributed by atoms with Crippen molar-refractivity contribution in [3.05, 3.63) is 139 Å². The largest absolute Gasteiger partial charge is 0.497 e. The summed E-state index contributed by atoms with van der Waals surface area (Å²) in [5.41, 5.74) is 6.65. The van der Waals surface area contributed by atoms with Gasteiger partial charge in [0.1, 0.15) is 5.75 Å². The molecule has 0 aliphatic carbocycles. The fraction of sp³-hybridized carbons (Fsp3) is 0.206. The highest BCUT2D eigenvalue weighted by molar-refractivity contribution is 5.97.